The number of fused-ring (bicyclic) bond motifs is 7. The summed E-state index contributed by atoms with van der Waals surface area (Å²) in [5.74, 6) is 0.554. The quantitative estimate of drug-likeness (QED) is 0.161. The van der Waals surface area contributed by atoms with E-state index in [0.717, 1.165) is 83.2 Å². The van der Waals surface area contributed by atoms with Crippen LogP contribution in [0.1, 0.15) is 43.6 Å². The van der Waals surface area contributed by atoms with Crippen LogP contribution in [0.25, 0.3) is 88.0 Å². The molecule has 12 rings (SSSR count). The standard InChI is InChI=1S/C58H43NO2/c1-2-18-38(19-3-1)40-27-14-20-39-21-15-28-45(56(39)40)41-22-4-9-32-50(41)59(51-33-10-5-23-42(51)46-29-17-37-55-57(46)49-26-8-13-36-54(49)60-55)52-34-11-6-24-43(52)47-30-16-31-48-44-25-7-12-35-53(44)61-58(47)48/h4-17,20-38H,1-3,18-19H2. The summed E-state index contributed by atoms with van der Waals surface area (Å²) in [6.07, 6.45) is 6.39. The molecule has 1 aliphatic rings. The molecule has 1 aliphatic carbocycles. The van der Waals surface area contributed by atoms with Crippen LogP contribution in [0.15, 0.2) is 203 Å². The molecule has 2 heterocycles. The second-order valence-electron chi connectivity index (χ2n) is 16.5. The summed E-state index contributed by atoms with van der Waals surface area (Å²) >= 11 is 0. The number of hydrogen-bond donors (Lipinski definition) is 0. The van der Waals surface area contributed by atoms with Gasteiger partial charge in [-0.25, -0.2) is 0 Å². The minimum Gasteiger partial charge on any atom is -0.456 e. The van der Waals surface area contributed by atoms with E-state index < -0.39 is 0 Å². The summed E-state index contributed by atoms with van der Waals surface area (Å²) in [6.45, 7) is 0. The summed E-state index contributed by atoms with van der Waals surface area (Å²) in [5, 5.41) is 7.11. The monoisotopic (exact) mass is 785 g/mol. The number of anilines is 3. The third kappa shape index (κ3) is 5.87. The lowest BCUT2D eigenvalue weighted by molar-refractivity contribution is 0.445. The molecule has 292 valence electrons. The second-order valence-corrected chi connectivity index (χ2v) is 16.5. The summed E-state index contributed by atoms with van der Waals surface area (Å²) in [5.41, 5.74) is 15.1. The fourth-order valence-corrected chi connectivity index (χ4v) is 10.4. The molecule has 0 radical (unpaired) electrons. The van der Waals surface area contributed by atoms with E-state index in [-0.39, 0.29) is 0 Å². The van der Waals surface area contributed by atoms with Crippen molar-refractivity contribution in [3.63, 3.8) is 0 Å². The van der Waals surface area contributed by atoms with E-state index in [0.29, 0.717) is 5.92 Å². The molecule has 3 heteroatoms. The van der Waals surface area contributed by atoms with Crippen LogP contribution in [0.4, 0.5) is 17.1 Å². The fraction of sp³-hybridized carbons (Fsp3) is 0.103. The lowest BCUT2D eigenvalue weighted by Gasteiger charge is -2.32. The van der Waals surface area contributed by atoms with Crippen molar-refractivity contribution in [2.45, 2.75) is 38.0 Å². The van der Waals surface area contributed by atoms with Crippen molar-refractivity contribution < 1.29 is 8.83 Å². The maximum absolute atomic E-state index is 6.74. The lowest BCUT2D eigenvalue weighted by Crippen LogP contribution is -2.14. The molecule has 1 saturated carbocycles. The molecule has 0 amide bonds. The van der Waals surface area contributed by atoms with E-state index in [1.165, 1.54) is 59.6 Å². The Morgan fingerprint density at radius 1 is 0.344 bits per heavy atom. The van der Waals surface area contributed by atoms with Gasteiger partial charge in [0.1, 0.15) is 22.3 Å². The predicted octanol–water partition coefficient (Wildman–Crippen LogP) is 17.2. The molecule has 0 spiro atoms. The molecule has 2 aromatic heterocycles. The van der Waals surface area contributed by atoms with E-state index in [1.54, 1.807) is 0 Å². The maximum atomic E-state index is 6.74. The van der Waals surface area contributed by atoms with Crippen LogP contribution in [-0.4, -0.2) is 0 Å². The zero-order valence-electron chi connectivity index (χ0n) is 33.9. The molecule has 0 bridgehead atoms. The van der Waals surface area contributed by atoms with Crippen LogP contribution >= 0.6 is 0 Å². The third-order valence-corrected chi connectivity index (χ3v) is 13.1. The minimum atomic E-state index is 0.554. The van der Waals surface area contributed by atoms with Crippen molar-refractivity contribution in [1.82, 2.24) is 0 Å². The third-order valence-electron chi connectivity index (χ3n) is 13.1. The topological polar surface area (TPSA) is 29.5 Å². The van der Waals surface area contributed by atoms with Crippen molar-refractivity contribution >= 4 is 71.7 Å². The Kier molecular flexibility index (Phi) is 8.59. The summed E-state index contributed by atoms with van der Waals surface area (Å²) < 4.78 is 13.2. The van der Waals surface area contributed by atoms with Gasteiger partial charge in [-0.1, -0.05) is 177 Å². The smallest absolute Gasteiger partial charge is 0.143 e. The van der Waals surface area contributed by atoms with E-state index in [2.05, 4.69) is 187 Å². The molecule has 0 atom stereocenters. The minimum absolute atomic E-state index is 0.554. The van der Waals surface area contributed by atoms with Gasteiger partial charge in [0.15, 0.2) is 0 Å². The van der Waals surface area contributed by atoms with E-state index in [4.69, 9.17) is 8.83 Å². The Bertz CT molecular complexity index is 3430. The largest absolute Gasteiger partial charge is 0.456 e. The molecule has 61 heavy (non-hydrogen) atoms. The van der Waals surface area contributed by atoms with Crippen LogP contribution in [-0.2, 0) is 0 Å². The summed E-state index contributed by atoms with van der Waals surface area (Å²) in [6, 6.07) is 70.3. The molecule has 3 nitrogen and oxygen atoms in total. The van der Waals surface area contributed by atoms with Gasteiger partial charge in [0.2, 0.25) is 0 Å². The van der Waals surface area contributed by atoms with Gasteiger partial charge in [-0.05, 0) is 82.6 Å². The Morgan fingerprint density at radius 3 is 1.52 bits per heavy atom. The van der Waals surface area contributed by atoms with E-state index >= 15 is 0 Å². The van der Waals surface area contributed by atoms with Crippen LogP contribution in [0.3, 0.4) is 0 Å². The highest BCUT2D eigenvalue weighted by Gasteiger charge is 2.27. The molecular formula is C58H43NO2. The SMILES string of the molecule is c1ccc(N(c2ccccc2-c2cccc3cccc(C4CCCCC4)c23)c2ccccc2-c2cccc3oc4ccccc4c23)c(-c2cccc3c2oc2ccccc23)c1. The second kappa shape index (κ2) is 14.7. The molecule has 0 aliphatic heterocycles. The average Bonchev–Trinajstić information content (AvgIpc) is 3.91. The zero-order valence-corrected chi connectivity index (χ0v) is 33.9. The summed E-state index contributed by atoms with van der Waals surface area (Å²) in [4.78, 5) is 2.50. The zero-order chi connectivity index (χ0) is 40.3. The Hall–Kier alpha value is -7.36. The first-order valence-corrected chi connectivity index (χ1v) is 21.7. The maximum Gasteiger partial charge on any atom is 0.143 e. The molecular weight excluding hydrogens is 743 g/mol. The van der Waals surface area contributed by atoms with Crippen molar-refractivity contribution in [2.24, 2.45) is 0 Å². The molecule has 0 N–H and O–H groups in total. The predicted molar refractivity (Wildman–Crippen MR) is 255 cm³/mol. The normalized spacial score (nSPS) is 13.5. The van der Waals surface area contributed by atoms with Gasteiger partial charge in [-0.15, -0.1) is 0 Å². The Balaban J connectivity index is 1.16. The van der Waals surface area contributed by atoms with Crippen LogP contribution in [0.5, 0.6) is 0 Å². The molecule has 0 unspecified atom stereocenters. The van der Waals surface area contributed by atoms with Crippen LogP contribution < -0.4 is 4.90 Å². The first-order chi connectivity index (χ1) is 30.3. The van der Waals surface area contributed by atoms with Crippen molar-refractivity contribution in [3.8, 4) is 33.4 Å². The van der Waals surface area contributed by atoms with Crippen LogP contribution in [0.2, 0.25) is 0 Å². The van der Waals surface area contributed by atoms with Crippen molar-refractivity contribution in [3.05, 3.63) is 200 Å². The number of rotatable bonds is 7. The van der Waals surface area contributed by atoms with Gasteiger partial charge in [0.25, 0.3) is 0 Å². The number of nitrogens with zero attached hydrogens (tertiary/aromatic N) is 1. The van der Waals surface area contributed by atoms with Gasteiger partial charge in [0, 0.05) is 43.8 Å². The summed E-state index contributed by atoms with van der Waals surface area (Å²) in [7, 11) is 0. The van der Waals surface area contributed by atoms with Gasteiger partial charge in [0.05, 0.1) is 17.1 Å². The Morgan fingerprint density at radius 2 is 0.820 bits per heavy atom. The number of furan rings is 2. The van der Waals surface area contributed by atoms with Gasteiger partial charge in [-0.3, -0.25) is 0 Å². The number of benzene rings is 9. The number of hydrogen-bond acceptors (Lipinski definition) is 3. The molecule has 9 aromatic carbocycles. The average molecular weight is 786 g/mol. The van der Waals surface area contributed by atoms with Crippen LogP contribution in [0, 0.1) is 0 Å². The van der Waals surface area contributed by atoms with E-state index in [9.17, 15) is 0 Å². The van der Waals surface area contributed by atoms with Gasteiger partial charge in [-0.2, -0.15) is 0 Å². The highest BCUT2D eigenvalue weighted by molar-refractivity contribution is 6.15. The lowest BCUT2D eigenvalue weighted by atomic mass is 9.80. The first kappa shape index (κ1) is 35.6. The molecule has 11 aromatic rings. The molecule has 1 fully saturated rings. The van der Waals surface area contributed by atoms with Gasteiger partial charge < -0.3 is 13.7 Å². The highest BCUT2D eigenvalue weighted by atomic mass is 16.3. The fourth-order valence-electron chi connectivity index (χ4n) is 10.4. The van der Waals surface area contributed by atoms with Crippen molar-refractivity contribution in [2.75, 3.05) is 4.90 Å². The number of para-hydroxylation sites is 6. The Labute approximate surface area is 355 Å². The van der Waals surface area contributed by atoms with Gasteiger partial charge >= 0.3 is 0 Å². The highest BCUT2D eigenvalue weighted by Crippen LogP contribution is 2.51. The molecule has 0 saturated heterocycles. The van der Waals surface area contributed by atoms with Crippen molar-refractivity contribution in [1.29, 1.82) is 0 Å². The van der Waals surface area contributed by atoms with E-state index in [1.807, 2.05) is 12.1 Å². The first-order valence-electron chi connectivity index (χ1n) is 21.7.